The summed E-state index contributed by atoms with van der Waals surface area (Å²) in [4.78, 5) is 0. The lowest BCUT2D eigenvalue weighted by atomic mass is 9.79. The molecule has 0 aromatic carbocycles. The van der Waals surface area contributed by atoms with Gasteiger partial charge in [-0.3, -0.25) is 0 Å². The van der Waals surface area contributed by atoms with Gasteiger partial charge in [0.2, 0.25) is 0 Å². The summed E-state index contributed by atoms with van der Waals surface area (Å²) in [6.45, 7) is 8.23. The Bertz CT molecular complexity index is 175. The first kappa shape index (κ1) is 12.3. The first-order valence-electron chi connectivity index (χ1n) is 5.63. The summed E-state index contributed by atoms with van der Waals surface area (Å²) in [6.07, 6.45) is 5.07. The van der Waals surface area contributed by atoms with Crippen molar-refractivity contribution in [3.63, 3.8) is 0 Å². The van der Waals surface area contributed by atoms with E-state index in [0.29, 0.717) is 6.04 Å². The third-order valence-corrected chi connectivity index (χ3v) is 4.60. The molecule has 1 aliphatic carbocycles. The molecule has 2 atom stereocenters. The van der Waals surface area contributed by atoms with Gasteiger partial charge in [-0.05, 0) is 46.0 Å². The van der Waals surface area contributed by atoms with E-state index in [-0.39, 0.29) is 4.75 Å². The molecule has 1 fully saturated rings. The summed E-state index contributed by atoms with van der Waals surface area (Å²) in [5, 5.41) is 0. The van der Waals surface area contributed by atoms with Crippen molar-refractivity contribution in [3.05, 3.63) is 0 Å². The minimum Gasteiger partial charge on any atom is -0.598 e. The third kappa shape index (κ3) is 3.14. The van der Waals surface area contributed by atoms with Gasteiger partial charge in [-0.15, -0.1) is 4.72 Å². The van der Waals surface area contributed by atoms with E-state index >= 15 is 0 Å². The highest BCUT2D eigenvalue weighted by atomic mass is 32.2. The Kier molecular flexibility index (Phi) is 4.29. The van der Waals surface area contributed by atoms with Gasteiger partial charge in [-0.2, -0.15) is 0 Å². The smallest absolute Gasteiger partial charge is 0.136 e. The quantitative estimate of drug-likeness (QED) is 0.735. The second-order valence-corrected chi connectivity index (χ2v) is 7.20. The highest BCUT2D eigenvalue weighted by Gasteiger charge is 2.33. The van der Waals surface area contributed by atoms with Crippen LogP contribution in [0.25, 0.3) is 0 Å². The standard InChI is InChI=1S/C11H23NOS/c1-5-10(9-7-6-8-9)12-14(13)11(2,3)4/h9-10,12H,5-8H2,1-4H3/t10-,14-/m0/s1. The van der Waals surface area contributed by atoms with Crippen molar-refractivity contribution < 1.29 is 4.55 Å². The highest BCUT2D eigenvalue weighted by Crippen LogP contribution is 2.31. The molecule has 0 bridgehead atoms. The maximum atomic E-state index is 11.9. The van der Waals surface area contributed by atoms with E-state index in [2.05, 4.69) is 11.6 Å². The zero-order chi connectivity index (χ0) is 10.8. The van der Waals surface area contributed by atoms with Crippen molar-refractivity contribution in [2.24, 2.45) is 5.92 Å². The van der Waals surface area contributed by atoms with E-state index in [0.717, 1.165) is 12.3 Å². The topological polar surface area (TPSA) is 35.1 Å². The van der Waals surface area contributed by atoms with Gasteiger partial charge in [0, 0.05) is 11.4 Å². The van der Waals surface area contributed by atoms with Crippen molar-refractivity contribution >= 4 is 11.4 Å². The van der Waals surface area contributed by atoms with Crippen LogP contribution in [0.2, 0.25) is 0 Å². The van der Waals surface area contributed by atoms with Crippen LogP contribution in [-0.2, 0) is 11.4 Å². The Morgan fingerprint density at radius 3 is 2.29 bits per heavy atom. The van der Waals surface area contributed by atoms with Gasteiger partial charge in [0.05, 0.1) is 6.04 Å². The average Bonchev–Trinajstić information content (AvgIpc) is 1.97. The molecule has 3 heteroatoms. The molecule has 2 nitrogen and oxygen atoms in total. The molecule has 0 amide bonds. The Morgan fingerprint density at radius 1 is 1.43 bits per heavy atom. The van der Waals surface area contributed by atoms with Gasteiger partial charge < -0.3 is 4.55 Å². The van der Waals surface area contributed by atoms with Crippen LogP contribution >= 0.6 is 0 Å². The van der Waals surface area contributed by atoms with Crippen LogP contribution in [0.5, 0.6) is 0 Å². The highest BCUT2D eigenvalue weighted by molar-refractivity contribution is 7.90. The lowest BCUT2D eigenvalue weighted by Crippen LogP contribution is -2.48. The Morgan fingerprint density at radius 2 is 2.00 bits per heavy atom. The van der Waals surface area contributed by atoms with Crippen LogP contribution in [0.1, 0.15) is 53.4 Å². The average molecular weight is 217 g/mol. The van der Waals surface area contributed by atoms with E-state index in [1.54, 1.807) is 0 Å². The molecule has 0 radical (unpaired) electrons. The van der Waals surface area contributed by atoms with Crippen molar-refractivity contribution in [2.75, 3.05) is 0 Å². The molecular formula is C11H23NOS. The summed E-state index contributed by atoms with van der Waals surface area (Å²) in [6, 6.07) is 0.462. The Labute approximate surface area is 91.2 Å². The van der Waals surface area contributed by atoms with E-state index in [4.69, 9.17) is 0 Å². The molecule has 0 saturated heterocycles. The zero-order valence-corrected chi connectivity index (χ0v) is 10.6. The fraction of sp³-hybridized carbons (Fsp3) is 1.00. The van der Waals surface area contributed by atoms with Crippen LogP contribution in [-0.4, -0.2) is 15.3 Å². The van der Waals surface area contributed by atoms with Crippen molar-refractivity contribution in [2.45, 2.75) is 64.2 Å². The monoisotopic (exact) mass is 217 g/mol. The molecule has 0 aromatic heterocycles. The minimum absolute atomic E-state index is 0.142. The van der Waals surface area contributed by atoms with Crippen molar-refractivity contribution in [1.29, 1.82) is 0 Å². The van der Waals surface area contributed by atoms with E-state index in [1.165, 1.54) is 19.3 Å². The predicted octanol–water partition coefficient (Wildman–Crippen LogP) is 2.62. The number of nitrogens with one attached hydrogen (secondary N) is 1. The molecular weight excluding hydrogens is 194 g/mol. The number of hydrogen-bond acceptors (Lipinski definition) is 2. The molecule has 0 aliphatic heterocycles. The van der Waals surface area contributed by atoms with E-state index in [1.807, 2.05) is 20.8 Å². The summed E-state index contributed by atoms with van der Waals surface area (Å²) in [7, 11) is 0. The largest absolute Gasteiger partial charge is 0.598 e. The van der Waals surface area contributed by atoms with Gasteiger partial charge >= 0.3 is 0 Å². The third-order valence-electron chi connectivity index (χ3n) is 2.97. The number of rotatable bonds is 4. The van der Waals surface area contributed by atoms with Gasteiger partial charge in [0.15, 0.2) is 0 Å². The van der Waals surface area contributed by atoms with Crippen molar-refractivity contribution in [3.8, 4) is 0 Å². The first-order chi connectivity index (χ1) is 6.45. The summed E-state index contributed by atoms with van der Waals surface area (Å²) >= 11 is -0.906. The van der Waals surface area contributed by atoms with Crippen LogP contribution in [0, 0.1) is 5.92 Å². The summed E-state index contributed by atoms with van der Waals surface area (Å²) in [5.74, 6) is 0.770. The fourth-order valence-electron chi connectivity index (χ4n) is 1.67. The van der Waals surface area contributed by atoms with Crippen molar-refractivity contribution in [1.82, 2.24) is 4.72 Å². The van der Waals surface area contributed by atoms with Crippen LogP contribution < -0.4 is 4.72 Å². The van der Waals surface area contributed by atoms with Gasteiger partial charge in [0.1, 0.15) is 4.75 Å². The zero-order valence-electron chi connectivity index (χ0n) is 9.80. The Hall–Kier alpha value is 0.270. The maximum absolute atomic E-state index is 11.9. The molecule has 0 aromatic rings. The normalized spacial score (nSPS) is 22.9. The molecule has 0 heterocycles. The maximum Gasteiger partial charge on any atom is 0.136 e. The summed E-state index contributed by atoms with van der Waals surface area (Å²) in [5.41, 5.74) is 0. The first-order valence-corrected chi connectivity index (χ1v) is 6.78. The van der Waals surface area contributed by atoms with E-state index in [9.17, 15) is 4.55 Å². The second-order valence-electron chi connectivity index (χ2n) is 5.20. The molecule has 0 spiro atoms. The molecule has 1 saturated carbocycles. The van der Waals surface area contributed by atoms with Crippen LogP contribution in [0.3, 0.4) is 0 Å². The number of hydrogen-bond donors (Lipinski definition) is 1. The molecule has 1 rings (SSSR count). The molecule has 1 aliphatic rings. The lowest BCUT2D eigenvalue weighted by molar-refractivity contribution is 0.243. The van der Waals surface area contributed by atoms with E-state index < -0.39 is 11.4 Å². The molecule has 1 N–H and O–H groups in total. The van der Waals surface area contributed by atoms with Gasteiger partial charge in [0.25, 0.3) is 0 Å². The fourth-order valence-corrected chi connectivity index (χ4v) is 2.66. The molecule has 84 valence electrons. The SMILES string of the molecule is CC[C@H](N[S@@+]([O-])C(C)(C)C)C1CCC1. The second kappa shape index (κ2) is 4.86. The minimum atomic E-state index is -0.906. The van der Waals surface area contributed by atoms with Crippen LogP contribution in [0.4, 0.5) is 0 Å². The van der Waals surface area contributed by atoms with Gasteiger partial charge in [-0.1, -0.05) is 13.3 Å². The molecule has 14 heavy (non-hydrogen) atoms. The Balaban J connectivity index is 2.39. The van der Waals surface area contributed by atoms with Crippen LogP contribution in [0.15, 0.2) is 0 Å². The lowest BCUT2D eigenvalue weighted by Gasteiger charge is -2.35. The predicted molar refractivity (Wildman–Crippen MR) is 62.5 cm³/mol. The molecule has 0 unspecified atom stereocenters. The van der Waals surface area contributed by atoms with Gasteiger partial charge in [-0.25, -0.2) is 0 Å². The summed E-state index contributed by atoms with van der Waals surface area (Å²) < 4.78 is 15.0.